The molecule has 1 amide bonds. The highest BCUT2D eigenvalue weighted by molar-refractivity contribution is 5.93. The molecule has 2 aromatic rings. The highest BCUT2D eigenvalue weighted by atomic mass is 19.4. The first kappa shape index (κ1) is 22.2. The molecule has 2 rings (SSSR count). The van der Waals surface area contributed by atoms with Gasteiger partial charge in [0.15, 0.2) is 5.96 Å². The molecule has 0 bridgehead atoms. The third-order valence-electron chi connectivity index (χ3n) is 3.98. The van der Waals surface area contributed by atoms with Crippen molar-refractivity contribution in [2.75, 3.05) is 26.7 Å². The largest absolute Gasteiger partial charge is 0.416 e. The number of aromatic nitrogens is 1. The summed E-state index contributed by atoms with van der Waals surface area (Å²) >= 11 is 0. The smallest absolute Gasteiger partial charge is 0.357 e. The number of aliphatic imine (C=N–C) groups is 1. The molecule has 1 aromatic heterocycles. The summed E-state index contributed by atoms with van der Waals surface area (Å²) in [5, 5.41) is 5.90. The third kappa shape index (κ3) is 7.10. The zero-order chi connectivity index (χ0) is 21.3. The number of amides is 1. The second kappa shape index (κ2) is 10.4. The second-order valence-corrected chi connectivity index (χ2v) is 6.28. The van der Waals surface area contributed by atoms with E-state index in [2.05, 4.69) is 20.6 Å². The van der Waals surface area contributed by atoms with Crippen LogP contribution >= 0.6 is 0 Å². The lowest BCUT2D eigenvalue weighted by Gasteiger charge is -2.22. The number of guanidine groups is 1. The van der Waals surface area contributed by atoms with Crippen molar-refractivity contribution in [3.05, 3.63) is 65.5 Å². The number of carbonyl (C=O) groups is 1. The lowest BCUT2D eigenvalue weighted by atomic mass is 10.1. The number of rotatable bonds is 7. The van der Waals surface area contributed by atoms with E-state index in [0.717, 1.165) is 17.7 Å². The fourth-order valence-electron chi connectivity index (χ4n) is 2.55. The maximum Gasteiger partial charge on any atom is 0.416 e. The molecule has 0 unspecified atom stereocenters. The summed E-state index contributed by atoms with van der Waals surface area (Å²) in [7, 11) is 1.80. The van der Waals surface area contributed by atoms with Gasteiger partial charge in [0.2, 0.25) is 0 Å². The van der Waals surface area contributed by atoms with Gasteiger partial charge in [0.05, 0.1) is 17.7 Å². The molecule has 1 heterocycles. The summed E-state index contributed by atoms with van der Waals surface area (Å²) in [6, 6.07) is 8.41. The molecule has 0 spiro atoms. The minimum absolute atomic E-state index is 0.226. The Bertz CT molecular complexity index is 807. The predicted octanol–water partition coefficient (Wildman–Crippen LogP) is 2.93. The lowest BCUT2D eigenvalue weighted by molar-refractivity contribution is -0.137. The Morgan fingerprint density at radius 3 is 2.48 bits per heavy atom. The van der Waals surface area contributed by atoms with Gasteiger partial charge in [0.1, 0.15) is 0 Å². The minimum atomic E-state index is -4.35. The van der Waals surface area contributed by atoms with Crippen LogP contribution < -0.4 is 10.6 Å². The zero-order valence-electron chi connectivity index (χ0n) is 16.3. The number of hydrogen-bond donors (Lipinski definition) is 2. The van der Waals surface area contributed by atoms with Gasteiger partial charge in [0.25, 0.3) is 5.91 Å². The van der Waals surface area contributed by atoms with Gasteiger partial charge < -0.3 is 15.5 Å². The van der Waals surface area contributed by atoms with Gasteiger partial charge in [-0.3, -0.25) is 14.8 Å². The van der Waals surface area contributed by atoms with Crippen LogP contribution in [0.1, 0.15) is 28.4 Å². The fourth-order valence-corrected chi connectivity index (χ4v) is 2.55. The van der Waals surface area contributed by atoms with Gasteiger partial charge in [-0.05, 0) is 36.8 Å². The molecule has 0 radical (unpaired) electrons. The van der Waals surface area contributed by atoms with E-state index < -0.39 is 11.7 Å². The Hall–Kier alpha value is -3.10. The van der Waals surface area contributed by atoms with Crippen LogP contribution in [-0.4, -0.2) is 48.4 Å². The van der Waals surface area contributed by atoms with Gasteiger partial charge in [-0.2, -0.15) is 13.2 Å². The van der Waals surface area contributed by atoms with Crippen molar-refractivity contribution in [1.82, 2.24) is 20.5 Å². The topological polar surface area (TPSA) is 69.6 Å². The SMILES string of the molecule is CCNC(=NCCNC(=O)c1cccnc1)N(C)Cc1ccc(C(F)(F)F)cc1. The number of nitrogens with one attached hydrogen (secondary N) is 2. The van der Waals surface area contributed by atoms with Crippen molar-refractivity contribution in [2.24, 2.45) is 4.99 Å². The first-order chi connectivity index (χ1) is 13.8. The molecule has 0 saturated heterocycles. The normalized spacial score (nSPS) is 11.8. The van der Waals surface area contributed by atoms with E-state index in [1.807, 2.05) is 11.8 Å². The maximum atomic E-state index is 12.7. The number of halogens is 3. The molecule has 156 valence electrons. The average Bonchev–Trinajstić information content (AvgIpc) is 2.70. The molecule has 2 N–H and O–H groups in total. The number of nitrogens with zero attached hydrogens (tertiary/aromatic N) is 3. The highest BCUT2D eigenvalue weighted by Crippen LogP contribution is 2.29. The van der Waals surface area contributed by atoms with E-state index in [1.165, 1.54) is 18.3 Å². The number of pyridine rings is 1. The van der Waals surface area contributed by atoms with Crippen LogP contribution in [0, 0.1) is 0 Å². The van der Waals surface area contributed by atoms with Crippen LogP contribution in [0.5, 0.6) is 0 Å². The first-order valence-corrected chi connectivity index (χ1v) is 9.15. The van der Waals surface area contributed by atoms with E-state index in [1.54, 1.807) is 25.4 Å². The van der Waals surface area contributed by atoms with E-state index >= 15 is 0 Å². The monoisotopic (exact) mass is 407 g/mol. The fraction of sp³-hybridized carbons (Fsp3) is 0.350. The van der Waals surface area contributed by atoms with Crippen molar-refractivity contribution in [1.29, 1.82) is 0 Å². The Balaban J connectivity index is 1.90. The number of alkyl halides is 3. The summed E-state index contributed by atoms with van der Waals surface area (Å²) in [6.45, 7) is 3.65. The predicted molar refractivity (Wildman–Crippen MR) is 105 cm³/mol. The van der Waals surface area contributed by atoms with Crippen LogP contribution in [0.2, 0.25) is 0 Å². The number of benzene rings is 1. The van der Waals surface area contributed by atoms with Crippen LogP contribution in [0.25, 0.3) is 0 Å². The van der Waals surface area contributed by atoms with Crippen molar-refractivity contribution < 1.29 is 18.0 Å². The van der Waals surface area contributed by atoms with Gasteiger partial charge in [-0.15, -0.1) is 0 Å². The van der Waals surface area contributed by atoms with Gasteiger partial charge in [-0.1, -0.05) is 12.1 Å². The molecule has 0 aliphatic heterocycles. The Morgan fingerprint density at radius 2 is 1.90 bits per heavy atom. The summed E-state index contributed by atoms with van der Waals surface area (Å²) in [6.07, 6.45) is -1.27. The summed E-state index contributed by atoms with van der Waals surface area (Å²) in [5.74, 6) is 0.374. The zero-order valence-corrected chi connectivity index (χ0v) is 16.3. The first-order valence-electron chi connectivity index (χ1n) is 9.15. The lowest BCUT2D eigenvalue weighted by Crippen LogP contribution is -2.39. The third-order valence-corrected chi connectivity index (χ3v) is 3.98. The van der Waals surface area contributed by atoms with E-state index in [9.17, 15) is 18.0 Å². The van der Waals surface area contributed by atoms with Gasteiger partial charge in [0, 0.05) is 39.1 Å². The summed E-state index contributed by atoms with van der Waals surface area (Å²) < 4.78 is 38.0. The maximum absolute atomic E-state index is 12.7. The standard InChI is InChI=1S/C20H24F3N5O/c1-3-25-19(27-12-11-26-18(29)16-5-4-10-24-13-16)28(2)14-15-6-8-17(9-7-15)20(21,22)23/h4-10,13H,3,11-12,14H2,1-2H3,(H,25,27)(H,26,29). The molecule has 0 fully saturated rings. The Kier molecular flexibility index (Phi) is 7.99. The Labute approximate surface area is 167 Å². The summed E-state index contributed by atoms with van der Waals surface area (Å²) in [4.78, 5) is 22.2. The van der Waals surface area contributed by atoms with Crippen molar-refractivity contribution in [3.63, 3.8) is 0 Å². The molecule has 0 saturated carbocycles. The molecule has 6 nitrogen and oxygen atoms in total. The molecule has 0 atom stereocenters. The quantitative estimate of drug-likeness (QED) is 0.421. The molecular weight excluding hydrogens is 383 g/mol. The second-order valence-electron chi connectivity index (χ2n) is 6.28. The Morgan fingerprint density at radius 1 is 1.17 bits per heavy atom. The molecule has 9 heteroatoms. The van der Waals surface area contributed by atoms with Gasteiger partial charge >= 0.3 is 6.18 Å². The van der Waals surface area contributed by atoms with Crippen molar-refractivity contribution >= 4 is 11.9 Å². The highest BCUT2D eigenvalue weighted by Gasteiger charge is 2.29. The number of carbonyl (C=O) groups excluding carboxylic acids is 1. The van der Waals surface area contributed by atoms with Crippen molar-refractivity contribution in [2.45, 2.75) is 19.6 Å². The van der Waals surface area contributed by atoms with Crippen LogP contribution in [-0.2, 0) is 12.7 Å². The molecular formula is C20H24F3N5O. The molecule has 0 aliphatic carbocycles. The van der Waals surface area contributed by atoms with E-state index in [4.69, 9.17) is 0 Å². The molecule has 0 aliphatic rings. The van der Waals surface area contributed by atoms with Crippen molar-refractivity contribution in [3.8, 4) is 0 Å². The number of hydrogen-bond acceptors (Lipinski definition) is 3. The minimum Gasteiger partial charge on any atom is -0.357 e. The molecule has 1 aromatic carbocycles. The van der Waals surface area contributed by atoms with E-state index in [0.29, 0.717) is 37.7 Å². The summed E-state index contributed by atoms with van der Waals surface area (Å²) in [5.41, 5.74) is 0.535. The van der Waals surface area contributed by atoms with Crippen LogP contribution in [0.3, 0.4) is 0 Å². The van der Waals surface area contributed by atoms with E-state index in [-0.39, 0.29) is 5.91 Å². The molecule has 29 heavy (non-hydrogen) atoms. The average molecular weight is 407 g/mol. The van der Waals surface area contributed by atoms with Crippen LogP contribution in [0.15, 0.2) is 53.8 Å². The van der Waals surface area contributed by atoms with Crippen LogP contribution in [0.4, 0.5) is 13.2 Å². The van der Waals surface area contributed by atoms with Gasteiger partial charge in [-0.25, -0.2) is 0 Å².